The number of nitrogens with one attached hydrogen (secondary N) is 1. The molecule has 36 heavy (non-hydrogen) atoms. The van der Waals surface area contributed by atoms with Gasteiger partial charge in [0, 0.05) is 31.2 Å². The molecule has 1 aromatic heterocycles. The van der Waals surface area contributed by atoms with E-state index < -0.39 is 5.60 Å². The number of imidazole rings is 1. The van der Waals surface area contributed by atoms with Crippen LogP contribution in [0, 0.1) is 0 Å². The highest BCUT2D eigenvalue weighted by Gasteiger charge is 2.41. The van der Waals surface area contributed by atoms with E-state index in [1.807, 2.05) is 53.4 Å². The molecule has 3 aromatic rings. The summed E-state index contributed by atoms with van der Waals surface area (Å²) < 4.78 is 2.10. The molecule has 2 unspecified atom stereocenters. The van der Waals surface area contributed by atoms with Gasteiger partial charge in [-0.3, -0.25) is 4.79 Å². The van der Waals surface area contributed by atoms with Crippen molar-refractivity contribution in [3.63, 3.8) is 0 Å². The second-order valence-electron chi connectivity index (χ2n) is 9.98. The predicted octanol–water partition coefficient (Wildman–Crippen LogP) is 4.88. The van der Waals surface area contributed by atoms with E-state index in [9.17, 15) is 9.90 Å². The molecule has 2 heterocycles. The predicted molar refractivity (Wildman–Crippen MR) is 145 cm³/mol. The molecular weight excluding hydrogens is 472 g/mol. The van der Waals surface area contributed by atoms with Crippen molar-refractivity contribution in [2.75, 3.05) is 19.6 Å². The second-order valence-corrected chi connectivity index (χ2v) is 9.98. The first kappa shape index (κ1) is 26.4. The van der Waals surface area contributed by atoms with Crippen molar-refractivity contribution in [2.24, 2.45) is 0 Å². The van der Waals surface area contributed by atoms with Gasteiger partial charge in [0.1, 0.15) is 0 Å². The van der Waals surface area contributed by atoms with Gasteiger partial charge in [0.15, 0.2) is 5.69 Å². The number of carbonyl (C=O) groups is 1. The highest BCUT2D eigenvalue weighted by molar-refractivity contribution is 5.98. The van der Waals surface area contributed by atoms with Crippen LogP contribution in [0.1, 0.15) is 61.1 Å². The highest BCUT2D eigenvalue weighted by Crippen LogP contribution is 2.42. The summed E-state index contributed by atoms with van der Waals surface area (Å²) >= 11 is 0. The zero-order chi connectivity index (χ0) is 24.3. The van der Waals surface area contributed by atoms with Crippen molar-refractivity contribution in [3.8, 4) is 11.3 Å². The van der Waals surface area contributed by atoms with Crippen LogP contribution >= 0.6 is 12.4 Å². The van der Waals surface area contributed by atoms with Crippen molar-refractivity contribution in [2.45, 2.75) is 63.1 Å². The van der Waals surface area contributed by atoms with Crippen LogP contribution in [0.3, 0.4) is 0 Å². The summed E-state index contributed by atoms with van der Waals surface area (Å²) in [7, 11) is 0. The van der Waals surface area contributed by atoms with Crippen LogP contribution in [0.25, 0.3) is 11.3 Å². The van der Waals surface area contributed by atoms with Crippen LogP contribution in [0.2, 0.25) is 0 Å². The molecule has 1 saturated carbocycles. The maximum Gasteiger partial charge on any atom is 0.275 e. The average molecular weight is 509 g/mol. The van der Waals surface area contributed by atoms with E-state index in [-0.39, 0.29) is 30.4 Å². The average Bonchev–Trinajstić information content (AvgIpc) is 3.35. The number of amides is 1. The highest BCUT2D eigenvalue weighted by atomic mass is 35.5. The number of hydrogen-bond acceptors (Lipinski definition) is 4. The molecular formula is C29H37ClN4O2. The molecule has 2 fully saturated rings. The maximum absolute atomic E-state index is 14.1. The lowest BCUT2D eigenvalue weighted by Gasteiger charge is -2.41. The minimum atomic E-state index is -0.784. The Morgan fingerprint density at radius 3 is 2.56 bits per heavy atom. The molecule has 2 N–H and O–H groups in total. The van der Waals surface area contributed by atoms with E-state index in [1.54, 1.807) is 6.33 Å². The molecule has 2 aliphatic rings. The molecule has 1 aliphatic carbocycles. The molecule has 6 nitrogen and oxygen atoms in total. The third-order valence-corrected chi connectivity index (χ3v) is 7.87. The summed E-state index contributed by atoms with van der Waals surface area (Å²) in [6, 6.07) is 20.4. The third-order valence-electron chi connectivity index (χ3n) is 7.87. The van der Waals surface area contributed by atoms with Crippen molar-refractivity contribution in [1.29, 1.82) is 0 Å². The molecule has 3 atom stereocenters. The van der Waals surface area contributed by atoms with Crippen molar-refractivity contribution >= 4 is 18.3 Å². The fourth-order valence-corrected chi connectivity index (χ4v) is 5.88. The Labute approximate surface area is 220 Å². The summed E-state index contributed by atoms with van der Waals surface area (Å²) in [6.07, 6.45) is 7.05. The van der Waals surface area contributed by atoms with E-state index >= 15 is 0 Å². The minimum Gasteiger partial charge on any atom is -0.388 e. The second kappa shape index (κ2) is 11.6. The Kier molecular flexibility index (Phi) is 8.50. The van der Waals surface area contributed by atoms with E-state index in [2.05, 4.69) is 28.9 Å². The Morgan fingerprint density at radius 2 is 1.83 bits per heavy atom. The van der Waals surface area contributed by atoms with Crippen molar-refractivity contribution < 1.29 is 9.90 Å². The standard InChI is InChI=1S/C29H36N4O2.ClH/c1-2-29(35)16-10-9-15-25(29)33-21-31-26(27(33)23-13-7-4-8-14-23)28(34)32-18-17-30-20-24(32)19-22-11-5-3-6-12-22;/h3-8,11-14,21,24-25,30,35H,2,9-10,15-20H2,1H3;1H/t24-,25?,29?;/m1./s1. The van der Waals surface area contributed by atoms with Crippen LogP contribution in [0.5, 0.6) is 0 Å². The van der Waals surface area contributed by atoms with Crippen molar-refractivity contribution in [3.05, 3.63) is 78.2 Å². The van der Waals surface area contributed by atoms with E-state index in [4.69, 9.17) is 4.98 Å². The molecule has 1 saturated heterocycles. The van der Waals surface area contributed by atoms with Gasteiger partial charge in [-0.1, -0.05) is 80.4 Å². The number of aromatic nitrogens is 2. The maximum atomic E-state index is 14.1. The molecule has 1 aliphatic heterocycles. The quantitative estimate of drug-likeness (QED) is 0.497. The summed E-state index contributed by atoms with van der Waals surface area (Å²) in [5.41, 5.74) is 2.72. The summed E-state index contributed by atoms with van der Waals surface area (Å²) in [6.45, 7) is 4.25. The van der Waals surface area contributed by atoms with E-state index in [1.165, 1.54) is 5.56 Å². The van der Waals surface area contributed by atoms with Crippen LogP contribution in [-0.2, 0) is 6.42 Å². The Morgan fingerprint density at radius 1 is 1.11 bits per heavy atom. The van der Waals surface area contributed by atoms with Crippen molar-refractivity contribution in [1.82, 2.24) is 19.8 Å². The van der Waals surface area contributed by atoms with Gasteiger partial charge in [-0.2, -0.15) is 0 Å². The van der Waals surface area contributed by atoms with Gasteiger partial charge in [-0.05, 0) is 31.2 Å². The van der Waals surface area contributed by atoms with Gasteiger partial charge in [0.2, 0.25) is 0 Å². The molecule has 7 heteroatoms. The van der Waals surface area contributed by atoms with Gasteiger partial charge < -0.3 is 19.9 Å². The smallest absolute Gasteiger partial charge is 0.275 e. The first-order valence-corrected chi connectivity index (χ1v) is 13.0. The lowest BCUT2D eigenvalue weighted by atomic mass is 9.78. The Balaban J connectivity index is 0.00000304. The number of piperazine rings is 1. The molecule has 0 radical (unpaired) electrons. The largest absolute Gasteiger partial charge is 0.388 e. The number of carbonyl (C=O) groups excluding carboxylic acids is 1. The summed E-state index contributed by atoms with van der Waals surface area (Å²) in [5.74, 6) is -0.0270. The van der Waals surface area contributed by atoms with Gasteiger partial charge in [-0.25, -0.2) is 4.98 Å². The van der Waals surface area contributed by atoms with Gasteiger partial charge in [0.25, 0.3) is 5.91 Å². The topological polar surface area (TPSA) is 70.4 Å². The molecule has 0 spiro atoms. The Bertz CT molecular complexity index is 1140. The minimum absolute atomic E-state index is 0. The van der Waals surface area contributed by atoms with Gasteiger partial charge >= 0.3 is 0 Å². The summed E-state index contributed by atoms with van der Waals surface area (Å²) in [5, 5.41) is 15.0. The summed E-state index contributed by atoms with van der Waals surface area (Å²) in [4.78, 5) is 20.8. The molecule has 192 valence electrons. The normalized spacial score (nSPS) is 24.2. The van der Waals surface area contributed by atoms with E-state index in [0.29, 0.717) is 18.7 Å². The fraction of sp³-hybridized carbons (Fsp3) is 0.448. The van der Waals surface area contributed by atoms with Crippen LogP contribution in [0.4, 0.5) is 0 Å². The number of aliphatic hydroxyl groups is 1. The SMILES string of the molecule is CCC1(O)CCCCC1n1cnc(C(=O)N2CCNC[C@H]2Cc2ccccc2)c1-c1ccccc1.Cl. The van der Waals surface area contributed by atoms with Crippen LogP contribution in [0.15, 0.2) is 67.0 Å². The Hall–Kier alpha value is -2.67. The molecule has 0 bridgehead atoms. The zero-order valence-corrected chi connectivity index (χ0v) is 21.8. The number of halogens is 1. The van der Waals surface area contributed by atoms with E-state index in [0.717, 1.165) is 56.5 Å². The molecule has 1 amide bonds. The lowest BCUT2D eigenvalue weighted by Crippen LogP contribution is -2.54. The third kappa shape index (κ3) is 5.22. The van der Waals surface area contributed by atoms with Crippen LogP contribution < -0.4 is 5.32 Å². The monoisotopic (exact) mass is 508 g/mol. The fourth-order valence-electron chi connectivity index (χ4n) is 5.88. The zero-order valence-electron chi connectivity index (χ0n) is 21.0. The number of hydrogen-bond donors (Lipinski definition) is 2. The lowest BCUT2D eigenvalue weighted by molar-refractivity contribution is -0.0439. The molecule has 2 aromatic carbocycles. The number of nitrogens with zero attached hydrogens (tertiary/aromatic N) is 3. The van der Waals surface area contributed by atoms with Crippen LogP contribution in [-0.4, -0.2) is 56.7 Å². The van der Waals surface area contributed by atoms with Gasteiger partial charge in [-0.15, -0.1) is 12.4 Å². The number of rotatable bonds is 6. The first-order chi connectivity index (χ1) is 17.1. The molecule has 5 rings (SSSR count). The number of benzene rings is 2. The first-order valence-electron chi connectivity index (χ1n) is 13.0. The van der Waals surface area contributed by atoms with Gasteiger partial charge in [0.05, 0.1) is 23.7 Å².